The molecular weight excluding hydrogens is 550 g/mol. The Hall–Kier alpha value is -3.93. The highest BCUT2D eigenvalue weighted by Gasteiger charge is 2.35. The summed E-state index contributed by atoms with van der Waals surface area (Å²) in [4.78, 5) is 27.6. The minimum Gasteiger partial charge on any atom is -0.355 e. The van der Waals surface area contributed by atoms with Crippen LogP contribution in [0.4, 0.5) is 23.2 Å². The molecule has 2 amide bonds. The maximum Gasteiger partial charge on any atom is 0.416 e. The van der Waals surface area contributed by atoms with E-state index >= 15 is 0 Å². The van der Waals surface area contributed by atoms with E-state index < -0.39 is 52.0 Å². The molecule has 0 heterocycles. The van der Waals surface area contributed by atoms with Crippen LogP contribution in [0.25, 0.3) is 0 Å². The summed E-state index contributed by atoms with van der Waals surface area (Å²) >= 11 is 0. The fourth-order valence-corrected chi connectivity index (χ4v) is 5.51. The number of likely N-dealkylation sites (N-methyl/N-ethyl adjacent to an activating group) is 1. The Morgan fingerprint density at radius 3 is 2.15 bits per heavy atom. The van der Waals surface area contributed by atoms with Gasteiger partial charge in [-0.15, -0.1) is 0 Å². The summed E-state index contributed by atoms with van der Waals surface area (Å²) in [7, 11) is -4.52. The zero-order valence-corrected chi connectivity index (χ0v) is 22.7. The van der Waals surface area contributed by atoms with Crippen molar-refractivity contribution in [3.63, 3.8) is 0 Å². The SMILES string of the molecule is CCNC(=O)[C@@H](CC)N(Cc1ccc(F)cc1)C(=O)CN(c1cccc(C(F)(F)F)c1)S(=O)(=O)c1ccccc1. The van der Waals surface area contributed by atoms with E-state index in [2.05, 4.69) is 5.32 Å². The molecule has 40 heavy (non-hydrogen) atoms. The number of alkyl halides is 3. The average Bonchev–Trinajstić information content (AvgIpc) is 2.92. The molecule has 0 aliphatic rings. The summed E-state index contributed by atoms with van der Waals surface area (Å²) < 4.78 is 82.0. The highest BCUT2D eigenvalue weighted by molar-refractivity contribution is 7.92. The lowest BCUT2D eigenvalue weighted by molar-refractivity contribution is -0.140. The third-order valence-corrected chi connectivity index (χ3v) is 7.86. The van der Waals surface area contributed by atoms with Crippen LogP contribution in [0.15, 0.2) is 83.8 Å². The molecule has 1 N–H and O–H groups in total. The summed E-state index contributed by atoms with van der Waals surface area (Å²) in [6.07, 6.45) is -4.60. The van der Waals surface area contributed by atoms with E-state index in [9.17, 15) is 35.6 Å². The standard InChI is InChI=1S/C28H29F4N3O4S/c1-3-25(27(37)33-4-2)34(18-20-13-15-22(29)16-14-20)26(36)19-35(40(38,39)24-11-6-5-7-12-24)23-10-8-9-21(17-23)28(30,31)32/h5-17,25H,3-4,18-19H2,1-2H3,(H,33,37)/t25-/m1/s1. The highest BCUT2D eigenvalue weighted by atomic mass is 32.2. The molecule has 0 saturated heterocycles. The topological polar surface area (TPSA) is 86.8 Å². The molecule has 0 aliphatic heterocycles. The summed E-state index contributed by atoms with van der Waals surface area (Å²) in [6, 6.07) is 14.8. The smallest absolute Gasteiger partial charge is 0.355 e. The van der Waals surface area contributed by atoms with Crippen molar-refractivity contribution in [3.05, 3.63) is 95.8 Å². The molecule has 12 heteroatoms. The minimum atomic E-state index is -4.76. The highest BCUT2D eigenvalue weighted by Crippen LogP contribution is 2.33. The van der Waals surface area contributed by atoms with Crippen LogP contribution in [0, 0.1) is 5.82 Å². The number of sulfonamides is 1. The molecule has 214 valence electrons. The van der Waals surface area contributed by atoms with E-state index in [0.717, 1.165) is 23.1 Å². The summed E-state index contributed by atoms with van der Waals surface area (Å²) in [6.45, 7) is 2.56. The van der Waals surface area contributed by atoms with Gasteiger partial charge in [-0.2, -0.15) is 13.2 Å². The maximum atomic E-state index is 13.8. The number of hydrogen-bond donors (Lipinski definition) is 1. The number of carbonyl (C=O) groups excluding carboxylic acids is 2. The molecule has 0 saturated carbocycles. The van der Waals surface area contributed by atoms with Crippen molar-refractivity contribution in [2.45, 2.75) is 43.9 Å². The fraction of sp³-hybridized carbons (Fsp3) is 0.286. The van der Waals surface area contributed by atoms with E-state index in [0.29, 0.717) is 15.9 Å². The van der Waals surface area contributed by atoms with Crippen LogP contribution in [0.3, 0.4) is 0 Å². The summed E-state index contributed by atoms with van der Waals surface area (Å²) in [5, 5.41) is 2.64. The van der Waals surface area contributed by atoms with E-state index in [1.807, 2.05) is 0 Å². The molecule has 0 aromatic heterocycles. The molecule has 0 bridgehead atoms. The number of halogens is 4. The second kappa shape index (κ2) is 12.9. The van der Waals surface area contributed by atoms with Crippen molar-refractivity contribution in [1.82, 2.24) is 10.2 Å². The van der Waals surface area contributed by atoms with Crippen LogP contribution in [-0.4, -0.2) is 44.3 Å². The first-order valence-electron chi connectivity index (χ1n) is 12.4. The number of benzene rings is 3. The lowest BCUT2D eigenvalue weighted by Crippen LogP contribution is -2.52. The Kier molecular flexibility index (Phi) is 9.91. The van der Waals surface area contributed by atoms with Crippen molar-refractivity contribution in [3.8, 4) is 0 Å². The third-order valence-electron chi connectivity index (χ3n) is 6.07. The van der Waals surface area contributed by atoms with Crippen LogP contribution in [0.5, 0.6) is 0 Å². The zero-order valence-electron chi connectivity index (χ0n) is 21.9. The van der Waals surface area contributed by atoms with Gasteiger partial charge in [0.25, 0.3) is 10.0 Å². The van der Waals surface area contributed by atoms with Crippen LogP contribution >= 0.6 is 0 Å². The molecule has 3 aromatic rings. The summed E-state index contributed by atoms with van der Waals surface area (Å²) in [5.74, 6) is -1.83. The second-order valence-corrected chi connectivity index (χ2v) is 10.7. The largest absolute Gasteiger partial charge is 0.416 e. The van der Waals surface area contributed by atoms with E-state index in [1.54, 1.807) is 19.9 Å². The average molecular weight is 580 g/mol. The van der Waals surface area contributed by atoms with Crippen molar-refractivity contribution >= 4 is 27.5 Å². The fourth-order valence-electron chi connectivity index (χ4n) is 4.08. The maximum absolute atomic E-state index is 13.8. The van der Waals surface area contributed by atoms with Crippen LogP contribution in [-0.2, 0) is 32.3 Å². The second-order valence-electron chi connectivity index (χ2n) is 8.84. The number of nitrogens with one attached hydrogen (secondary N) is 1. The third kappa shape index (κ3) is 7.38. The Balaban J connectivity index is 2.10. The van der Waals surface area contributed by atoms with Gasteiger partial charge in [0, 0.05) is 13.1 Å². The van der Waals surface area contributed by atoms with Gasteiger partial charge in [0.15, 0.2) is 0 Å². The van der Waals surface area contributed by atoms with E-state index in [-0.39, 0.29) is 30.1 Å². The van der Waals surface area contributed by atoms with Gasteiger partial charge in [-0.25, -0.2) is 12.8 Å². The van der Waals surface area contributed by atoms with Gasteiger partial charge in [-0.1, -0.05) is 43.3 Å². The molecular formula is C28H29F4N3O4S. The molecule has 3 rings (SSSR count). The van der Waals surface area contributed by atoms with Gasteiger partial charge in [-0.05, 0) is 61.4 Å². The number of nitrogens with zero attached hydrogens (tertiary/aromatic N) is 2. The molecule has 3 aromatic carbocycles. The lowest BCUT2D eigenvalue weighted by atomic mass is 10.1. The van der Waals surface area contributed by atoms with Crippen LogP contribution in [0.2, 0.25) is 0 Å². The quantitative estimate of drug-likeness (QED) is 0.325. The Morgan fingerprint density at radius 2 is 1.57 bits per heavy atom. The Morgan fingerprint density at radius 1 is 0.925 bits per heavy atom. The minimum absolute atomic E-state index is 0.160. The van der Waals surface area contributed by atoms with Gasteiger partial charge in [0.1, 0.15) is 18.4 Å². The monoisotopic (exact) mass is 579 g/mol. The number of anilines is 1. The van der Waals surface area contributed by atoms with E-state index in [1.165, 1.54) is 48.5 Å². The molecule has 0 aliphatic carbocycles. The van der Waals surface area contributed by atoms with Gasteiger partial charge in [0.2, 0.25) is 11.8 Å². The number of hydrogen-bond acceptors (Lipinski definition) is 4. The van der Waals surface area contributed by atoms with Gasteiger partial charge >= 0.3 is 6.18 Å². The molecule has 0 spiro atoms. The van der Waals surface area contributed by atoms with Crippen molar-refractivity contribution in [1.29, 1.82) is 0 Å². The first-order valence-corrected chi connectivity index (χ1v) is 13.9. The van der Waals surface area contributed by atoms with Gasteiger partial charge in [0.05, 0.1) is 16.1 Å². The van der Waals surface area contributed by atoms with Crippen molar-refractivity contribution < 1.29 is 35.6 Å². The Labute approximate surface area is 230 Å². The normalized spacial score (nSPS) is 12.4. The Bertz CT molecular complexity index is 1420. The lowest BCUT2D eigenvalue weighted by Gasteiger charge is -2.33. The molecule has 0 unspecified atom stereocenters. The first kappa shape index (κ1) is 30.6. The first-order chi connectivity index (χ1) is 18.9. The predicted octanol–water partition coefficient (Wildman–Crippen LogP) is 4.98. The molecule has 0 fully saturated rings. The van der Waals surface area contributed by atoms with Crippen molar-refractivity contribution in [2.24, 2.45) is 0 Å². The van der Waals surface area contributed by atoms with Gasteiger partial charge in [-0.3, -0.25) is 13.9 Å². The van der Waals surface area contributed by atoms with Crippen molar-refractivity contribution in [2.75, 3.05) is 17.4 Å². The zero-order chi connectivity index (χ0) is 29.5. The van der Waals surface area contributed by atoms with Crippen LogP contribution < -0.4 is 9.62 Å². The molecule has 1 atom stereocenters. The van der Waals surface area contributed by atoms with Crippen LogP contribution in [0.1, 0.15) is 31.4 Å². The van der Waals surface area contributed by atoms with E-state index in [4.69, 9.17) is 0 Å². The van der Waals surface area contributed by atoms with Gasteiger partial charge < -0.3 is 10.2 Å². The predicted molar refractivity (Wildman–Crippen MR) is 142 cm³/mol. The number of carbonyl (C=O) groups is 2. The summed E-state index contributed by atoms with van der Waals surface area (Å²) in [5.41, 5.74) is -1.00. The number of rotatable bonds is 11. The molecule has 0 radical (unpaired) electrons. The number of amides is 2. The molecule has 7 nitrogen and oxygen atoms in total.